The number of halogens is 2. The summed E-state index contributed by atoms with van der Waals surface area (Å²) in [6.45, 7) is 4.22. The van der Waals surface area contributed by atoms with Crippen LogP contribution >= 0.6 is 0 Å². The molecule has 0 radical (unpaired) electrons. The summed E-state index contributed by atoms with van der Waals surface area (Å²) in [6, 6.07) is 3.35. The molecular formula is C27H34F2N8O2. The molecule has 10 nitrogen and oxygen atoms in total. The minimum Gasteiger partial charge on any atom is -0.490 e. The second kappa shape index (κ2) is 11.0. The Morgan fingerprint density at radius 3 is 2.56 bits per heavy atom. The third-order valence-corrected chi connectivity index (χ3v) is 8.24. The van der Waals surface area contributed by atoms with Crippen molar-refractivity contribution in [2.75, 3.05) is 56.2 Å². The van der Waals surface area contributed by atoms with Crippen molar-refractivity contribution >= 4 is 11.9 Å². The lowest BCUT2D eigenvalue weighted by Crippen LogP contribution is -2.36. The van der Waals surface area contributed by atoms with Crippen molar-refractivity contribution in [2.24, 2.45) is 11.7 Å². The number of anilines is 2. The van der Waals surface area contributed by atoms with Gasteiger partial charge in [0.05, 0.1) is 25.0 Å². The average Bonchev–Trinajstić information content (AvgIpc) is 3.69. The molecule has 6 rings (SSSR count). The number of ether oxygens (including phenoxy) is 1. The molecule has 1 unspecified atom stereocenters. The standard InChI is InChI=1S/C27H34F2N8O2/c1-35-8-2-3-24(35)25-33-27(34-39-25)36-9-6-17(7-10-36)16-38-19-12-31-26(32-13-19)37-14-21(23(30)15-37)20-11-18(28)4-5-22(20)29/h4-5,11-13,17,21,23-24H,2-3,6-10,14-16,30H2,1H3/t21-,23+,24?/m1/s1. The first-order valence-electron chi connectivity index (χ1n) is 13.6. The van der Waals surface area contributed by atoms with Gasteiger partial charge in [0.1, 0.15) is 11.6 Å². The second-order valence-corrected chi connectivity index (χ2v) is 10.9. The van der Waals surface area contributed by atoms with Crippen LogP contribution in [-0.4, -0.2) is 77.4 Å². The Morgan fingerprint density at radius 2 is 1.82 bits per heavy atom. The summed E-state index contributed by atoms with van der Waals surface area (Å²) in [7, 11) is 2.10. The van der Waals surface area contributed by atoms with Gasteiger partial charge in [0.25, 0.3) is 5.95 Å². The highest BCUT2D eigenvalue weighted by Gasteiger charge is 2.35. The van der Waals surface area contributed by atoms with E-state index in [4.69, 9.17) is 15.0 Å². The Morgan fingerprint density at radius 1 is 1.03 bits per heavy atom. The topological polar surface area (TPSA) is 110 Å². The zero-order valence-electron chi connectivity index (χ0n) is 22.0. The van der Waals surface area contributed by atoms with Gasteiger partial charge in [-0.25, -0.2) is 18.7 Å². The first kappa shape index (κ1) is 25.9. The van der Waals surface area contributed by atoms with Crippen molar-refractivity contribution < 1.29 is 18.0 Å². The zero-order chi connectivity index (χ0) is 26.9. The molecule has 208 valence electrons. The molecule has 0 aliphatic carbocycles. The van der Waals surface area contributed by atoms with Gasteiger partial charge < -0.3 is 24.8 Å². The molecular weight excluding hydrogens is 506 g/mol. The number of aromatic nitrogens is 4. The largest absolute Gasteiger partial charge is 0.490 e. The third kappa shape index (κ3) is 5.53. The normalized spacial score (nSPS) is 24.6. The van der Waals surface area contributed by atoms with Crippen LogP contribution < -0.4 is 20.3 Å². The molecule has 3 aromatic rings. The molecule has 0 bridgehead atoms. The Kier molecular flexibility index (Phi) is 7.30. The molecule has 3 saturated heterocycles. The minimum atomic E-state index is -0.475. The van der Waals surface area contributed by atoms with Gasteiger partial charge in [0.2, 0.25) is 11.8 Å². The summed E-state index contributed by atoms with van der Waals surface area (Å²) < 4.78 is 39.5. The van der Waals surface area contributed by atoms with Crippen LogP contribution in [0.4, 0.5) is 20.7 Å². The summed E-state index contributed by atoms with van der Waals surface area (Å²) in [5.74, 6) is 1.63. The SMILES string of the molecule is CN1CCCC1c1nc(N2CCC(COc3cnc(N4C[C@H](c5cc(F)ccc5F)[C@@H](N)C4)nc3)CC2)no1. The van der Waals surface area contributed by atoms with Crippen LogP contribution in [0.25, 0.3) is 0 Å². The van der Waals surface area contributed by atoms with E-state index in [9.17, 15) is 8.78 Å². The van der Waals surface area contributed by atoms with Crippen LogP contribution in [0, 0.1) is 17.6 Å². The van der Waals surface area contributed by atoms with Crippen LogP contribution in [0.2, 0.25) is 0 Å². The van der Waals surface area contributed by atoms with Gasteiger partial charge in [0.15, 0.2) is 5.75 Å². The molecule has 3 fully saturated rings. The predicted octanol–water partition coefficient (Wildman–Crippen LogP) is 3.13. The lowest BCUT2D eigenvalue weighted by molar-refractivity contribution is 0.220. The number of piperidine rings is 1. The molecule has 3 aliphatic rings. The average molecular weight is 541 g/mol. The van der Waals surface area contributed by atoms with Crippen LogP contribution in [0.1, 0.15) is 49.1 Å². The quantitative estimate of drug-likeness (QED) is 0.480. The molecule has 0 spiro atoms. The molecule has 12 heteroatoms. The summed E-state index contributed by atoms with van der Waals surface area (Å²) in [5, 5.41) is 4.23. The summed E-state index contributed by atoms with van der Waals surface area (Å²) in [6.07, 6.45) is 7.46. The van der Waals surface area contributed by atoms with Gasteiger partial charge in [-0.15, -0.1) is 0 Å². The van der Waals surface area contributed by atoms with E-state index in [-0.39, 0.29) is 23.6 Å². The maximum atomic E-state index is 14.3. The highest BCUT2D eigenvalue weighted by atomic mass is 19.1. The molecule has 3 aliphatic heterocycles. The number of nitrogens with zero attached hydrogens (tertiary/aromatic N) is 7. The molecule has 1 aromatic carbocycles. The Hall–Kier alpha value is -3.38. The number of likely N-dealkylation sites (tertiary alicyclic amines) is 1. The molecule has 2 aromatic heterocycles. The Labute approximate surface area is 226 Å². The van der Waals surface area contributed by atoms with Crippen molar-refractivity contribution in [3.8, 4) is 5.75 Å². The van der Waals surface area contributed by atoms with E-state index in [1.807, 2.05) is 4.90 Å². The number of hydrogen-bond acceptors (Lipinski definition) is 10. The van der Waals surface area contributed by atoms with E-state index in [0.717, 1.165) is 57.5 Å². The maximum Gasteiger partial charge on any atom is 0.266 e. The number of hydrogen-bond donors (Lipinski definition) is 1. The molecule has 5 heterocycles. The second-order valence-electron chi connectivity index (χ2n) is 10.9. The fourth-order valence-corrected chi connectivity index (χ4v) is 5.89. The smallest absolute Gasteiger partial charge is 0.266 e. The summed E-state index contributed by atoms with van der Waals surface area (Å²) in [5.41, 5.74) is 6.56. The van der Waals surface area contributed by atoms with E-state index in [1.165, 1.54) is 6.07 Å². The number of nitrogens with two attached hydrogens (primary N) is 1. The van der Waals surface area contributed by atoms with Crippen molar-refractivity contribution in [1.29, 1.82) is 0 Å². The maximum absolute atomic E-state index is 14.3. The third-order valence-electron chi connectivity index (χ3n) is 8.24. The minimum absolute atomic E-state index is 0.228. The number of benzene rings is 1. The van der Waals surface area contributed by atoms with Gasteiger partial charge in [-0.05, 0) is 74.1 Å². The van der Waals surface area contributed by atoms with E-state index in [0.29, 0.717) is 49.2 Å². The molecule has 0 amide bonds. The molecule has 0 saturated carbocycles. The monoisotopic (exact) mass is 540 g/mol. The van der Waals surface area contributed by atoms with Crippen molar-refractivity contribution in [3.05, 3.63) is 53.7 Å². The Bertz CT molecular complexity index is 1270. The van der Waals surface area contributed by atoms with Crippen LogP contribution in [0.15, 0.2) is 35.1 Å². The highest BCUT2D eigenvalue weighted by Crippen LogP contribution is 2.32. The fraction of sp³-hybridized carbons (Fsp3) is 0.556. The first-order chi connectivity index (χ1) is 18.9. The van der Waals surface area contributed by atoms with Gasteiger partial charge in [-0.1, -0.05) is 0 Å². The highest BCUT2D eigenvalue weighted by molar-refractivity contribution is 5.39. The summed E-state index contributed by atoms with van der Waals surface area (Å²) in [4.78, 5) is 19.9. The van der Waals surface area contributed by atoms with E-state index >= 15 is 0 Å². The van der Waals surface area contributed by atoms with E-state index < -0.39 is 11.6 Å². The predicted molar refractivity (Wildman–Crippen MR) is 141 cm³/mol. The van der Waals surface area contributed by atoms with E-state index in [2.05, 4.69) is 37.0 Å². The van der Waals surface area contributed by atoms with Gasteiger partial charge in [-0.2, -0.15) is 4.98 Å². The molecule has 2 N–H and O–H groups in total. The van der Waals surface area contributed by atoms with Crippen molar-refractivity contribution in [1.82, 2.24) is 25.0 Å². The van der Waals surface area contributed by atoms with Crippen molar-refractivity contribution in [3.63, 3.8) is 0 Å². The lowest BCUT2D eigenvalue weighted by atomic mass is 9.94. The Balaban J connectivity index is 0.981. The van der Waals surface area contributed by atoms with Gasteiger partial charge in [-0.3, -0.25) is 4.90 Å². The van der Waals surface area contributed by atoms with Gasteiger partial charge >= 0.3 is 0 Å². The zero-order valence-corrected chi connectivity index (χ0v) is 22.0. The van der Waals surface area contributed by atoms with Crippen LogP contribution in [0.5, 0.6) is 5.75 Å². The lowest BCUT2D eigenvalue weighted by Gasteiger charge is -2.30. The molecule has 3 atom stereocenters. The van der Waals surface area contributed by atoms with Crippen LogP contribution in [0.3, 0.4) is 0 Å². The van der Waals surface area contributed by atoms with Crippen LogP contribution in [-0.2, 0) is 0 Å². The summed E-state index contributed by atoms with van der Waals surface area (Å²) >= 11 is 0. The van der Waals surface area contributed by atoms with E-state index in [1.54, 1.807) is 12.4 Å². The van der Waals surface area contributed by atoms with Crippen molar-refractivity contribution in [2.45, 2.75) is 43.7 Å². The fourth-order valence-electron chi connectivity index (χ4n) is 5.89. The molecule has 39 heavy (non-hydrogen) atoms. The number of rotatable bonds is 7. The first-order valence-corrected chi connectivity index (χ1v) is 13.6. The van der Waals surface area contributed by atoms with Gasteiger partial charge in [0, 0.05) is 38.1 Å².